The fourth-order valence-electron chi connectivity index (χ4n) is 3.38. The fraction of sp³-hybridized carbons (Fsp3) is 0.444. The van der Waals surface area contributed by atoms with Crippen molar-refractivity contribution in [3.05, 3.63) is 35.9 Å². The maximum atomic E-state index is 6.10. The number of piperazine rings is 1. The lowest BCUT2D eigenvalue weighted by Crippen LogP contribution is -2.46. The van der Waals surface area contributed by atoms with Crippen molar-refractivity contribution in [1.29, 1.82) is 0 Å². The predicted molar refractivity (Wildman–Crippen MR) is 103 cm³/mol. The van der Waals surface area contributed by atoms with Crippen LogP contribution in [0.2, 0.25) is 0 Å². The fourth-order valence-corrected chi connectivity index (χ4v) is 4.18. The Balaban J connectivity index is 1.24. The van der Waals surface area contributed by atoms with Crippen LogP contribution in [0.4, 0.5) is 10.9 Å². The summed E-state index contributed by atoms with van der Waals surface area (Å²) in [5.41, 5.74) is 7.01. The van der Waals surface area contributed by atoms with E-state index >= 15 is 0 Å². The molecule has 2 fully saturated rings. The van der Waals surface area contributed by atoms with E-state index in [0.29, 0.717) is 11.7 Å². The Morgan fingerprint density at radius 3 is 2.65 bits per heavy atom. The number of fused-ring (bicyclic) bond motifs is 1. The monoisotopic (exact) mass is 367 g/mol. The van der Waals surface area contributed by atoms with Gasteiger partial charge in [0.05, 0.1) is 12.1 Å². The molecule has 26 heavy (non-hydrogen) atoms. The van der Waals surface area contributed by atoms with Gasteiger partial charge in [-0.1, -0.05) is 12.1 Å². The van der Waals surface area contributed by atoms with Crippen molar-refractivity contribution in [2.45, 2.75) is 25.3 Å². The highest BCUT2D eigenvalue weighted by Gasteiger charge is 2.29. The van der Waals surface area contributed by atoms with Gasteiger partial charge in [-0.25, -0.2) is 15.0 Å². The van der Waals surface area contributed by atoms with Crippen molar-refractivity contribution in [1.82, 2.24) is 24.2 Å². The molecule has 7 nitrogen and oxygen atoms in total. The summed E-state index contributed by atoms with van der Waals surface area (Å²) < 4.78 is 4.52. The third kappa shape index (κ3) is 3.10. The van der Waals surface area contributed by atoms with Crippen molar-refractivity contribution in [2.24, 2.45) is 0 Å². The van der Waals surface area contributed by atoms with Crippen molar-refractivity contribution < 1.29 is 0 Å². The number of nitrogens with two attached hydrogens (primary N) is 1. The van der Waals surface area contributed by atoms with Crippen molar-refractivity contribution in [2.75, 3.05) is 36.8 Å². The molecular formula is C18H21N7S. The molecule has 3 aromatic rings. The SMILES string of the molecule is Nc1nc(CN2CCN(c3nc(C4CC4)ns3)CC2)nc2ccccc12. The number of para-hydroxylation sites is 1. The number of benzene rings is 1. The van der Waals surface area contributed by atoms with E-state index in [9.17, 15) is 0 Å². The molecule has 3 heterocycles. The molecule has 1 aliphatic carbocycles. The molecule has 0 amide bonds. The Kier molecular flexibility index (Phi) is 3.94. The molecule has 0 unspecified atom stereocenters. The molecule has 1 aliphatic heterocycles. The predicted octanol–water partition coefficient (Wildman–Crippen LogP) is 2.26. The number of hydrogen-bond donors (Lipinski definition) is 1. The summed E-state index contributed by atoms with van der Waals surface area (Å²) in [6.07, 6.45) is 2.50. The van der Waals surface area contributed by atoms with E-state index in [2.05, 4.69) is 24.1 Å². The van der Waals surface area contributed by atoms with Crippen LogP contribution in [0.1, 0.15) is 30.4 Å². The summed E-state index contributed by atoms with van der Waals surface area (Å²) in [5.74, 6) is 3.02. The third-order valence-electron chi connectivity index (χ3n) is 5.06. The molecule has 8 heteroatoms. The average molecular weight is 367 g/mol. The van der Waals surface area contributed by atoms with Gasteiger partial charge < -0.3 is 10.6 Å². The number of hydrogen-bond acceptors (Lipinski definition) is 8. The molecule has 2 aliphatic rings. The minimum atomic E-state index is 0.561. The first-order chi connectivity index (χ1) is 12.8. The molecule has 1 saturated heterocycles. The van der Waals surface area contributed by atoms with Crippen molar-refractivity contribution in [3.63, 3.8) is 0 Å². The van der Waals surface area contributed by atoms with E-state index in [1.54, 1.807) is 0 Å². The molecule has 2 N–H and O–H groups in total. The summed E-state index contributed by atoms with van der Waals surface area (Å²) >= 11 is 1.54. The van der Waals surface area contributed by atoms with E-state index in [-0.39, 0.29) is 0 Å². The lowest BCUT2D eigenvalue weighted by molar-refractivity contribution is 0.244. The quantitative estimate of drug-likeness (QED) is 0.757. The Bertz CT molecular complexity index is 928. The second kappa shape index (κ2) is 6.44. The number of rotatable bonds is 4. The van der Waals surface area contributed by atoms with Gasteiger partial charge in [-0.15, -0.1) is 0 Å². The third-order valence-corrected chi connectivity index (χ3v) is 5.85. The standard InChI is InChI=1S/C18H21N7S/c19-16-13-3-1-2-4-14(13)20-15(21-16)11-24-7-9-25(10-8-24)18-22-17(23-26-18)12-5-6-12/h1-4,12H,5-11H2,(H2,19,20,21). The van der Waals surface area contributed by atoms with Crippen LogP contribution in [-0.2, 0) is 6.54 Å². The molecule has 0 bridgehead atoms. The zero-order valence-electron chi connectivity index (χ0n) is 14.5. The maximum absolute atomic E-state index is 6.10. The van der Waals surface area contributed by atoms with Crippen LogP contribution >= 0.6 is 11.5 Å². The van der Waals surface area contributed by atoms with E-state index < -0.39 is 0 Å². The van der Waals surface area contributed by atoms with E-state index in [4.69, 9.17) is 10.7 Å². The first-order valence-corrected chi connectivity index (χ1v) is 9.85. The molecule has 1 aromatic carbocycles. The molecule has 1 saturated carbocycles. The lowest BCUT2D eigenvalue weighted by Gasteiger charge is -2.33. The second-order valence-corrected chi connectivity index (χ2v) is 7.75. The first-order valence-electron chi connectivity index (χ1n) is 9.08. The van der Waals surface area contributed by atoms with Gasteiger partial charge >= 0.3 is 0 Å². The van der Waals surface area contributed by atoms with Crippen LogP contribution < -0.4 is 10.6 Å². The van der Waals surface area contributed by atoms with Gasteiger partial charge in [-0.2, -0.15) is 4.37 Å². The molecule has 0 spiro atoms. The highest BCUT2D eigenvalue weighted by atomic mass is 32.1. The van der Waals surface area contributed by atoms with Crippen molar-refractivity contribution >= 4 is 33.4 Å². The Hall–Kier alpha value is -2.32. The molecule has 5 rings (SSSR count). The highest BCUT2D eigenvalue weighted by Crippen LogP contribution is 2.39. The van der Waals surface area contributed by atoms with E-state index in [0.717, 1.165) is 60.4 Å². The second-order valence-electron chi connectivity index (χ2n) is 7.01. The molecule has 2 aromatic heterocycles. The smallest absolute Gasteiger partial charge is 0.205 e. The van der Waals surface area contributed by atoms with Gasteiger partial charge in [-0.05, 0) is 25.0 Å². The number of anilines is 2. The summed E-state index contributed by atoms with van der Waals surface area (Å²) in [7, 11) is 0. The average Bonchev–Trinajstić information content (AvgIpc) is 3.40. The number of nitrogen functional groups attached to an aromatic ring is 1. The largest absolute Gasteiger partial charge is 0.383 e. The summed E-state index contributed by atoms with van der Waals surface area (Å²) in [6, 6.07) is 7.89. The van der Waals surface area contributed by atoms with Crippen LogP contribution in [0.25, 0.3) is 10.9 Å². The minimum Gasteiger partial charge on any atom is -0.383 e. The van der Waals surface area contributed by atoms with Crippen LogP contribution in [0, 0.1) is 0 Å². The molecule has 134 valence electrons. The van der Waals surface area contributed by atoms with E-state index in [1.807, 2.05) is 24.3 Å². The zero-order chi connectivity index (χ0) is 17.5. The number of nitrogens with zero attached hydrogens (tertiary/aromatic N) is 6. The van der Waals surface area contributed by atoms with E-state index in [1.165, 1.54) is 24.4 Å². The summed E-state index contributed by atoms with van der Waals surface area (Å²) in [6.45, 7) is 4.58. The minimum absolute atomic E-state index is 0.561. The van der Waals surface area contributed by atoms with Gasteiger partial charge in [-0.3, -0.25) is 4.90 Å². The zero-order valence-corrected chi connectivity index (χ0v) is 15.3. The van der Waals surface area contributed by atoms with Gasteiger partial charge in [0.15, 0.2) is 0 Å². The topological polar surface area (TPSA) is 84.1 Å². The van der Waals surface area contributed by atoms with Crippen LogP contribution in [-0.4, -0.2) is 50.4 Å². The Labute approximate surface area is 156 Å². The van der Waals surface area contributed by atoms with Gasteiger partial charge in [0.2, 0.25) is 5.13 Å². The number of aromatic nitrogens is 4. The summed E-state index contributed by atoms with van der Waals surface area (Å²) in [5, 5.41) is 1.99. The highest BCUT2D eigenvalue weighted by molar-refractivity contribution is 7.09. The Morgan fingerprint density at radius 1 is 1.04 bits per heavy atom. The summed E-state index contributed by atoms with van der Waals surface area (Å²) in [4.78, 5) is 18.6. The normalized spacial score (nSPS) is 18.5. The van der Waals surface area contributed by atoms with Crippen LogP contribution in [0.5, 0.6) is 0 Å². The van der Waals surface area contributed by atoms with Crippen LogP contribution in [0.15, 0.2) is 24.3 Å². The molecule has 0 radical (unpaired) electrons. The van der Waals surface area contributed by atoms with Crippen molar-refractivity contribution in [3.8, 4) is 0 Å². The van der Waals surface area contributed by atoms with Gasteiger partial charge in [0.1, 0.15) is 17.5 Å². The van der Waals surface area contributed by atoms with Gasteiger partial charge in [0.25, 0.3) is 0 Å². The molecular weight excluding hydrogens is 346 g/mol. The van der Waals surface area contributed by atoms with Crippen LogP contribution in [0.3, 0.4) is 0 Å². The lowest BCUT2D eigenvalue weighted by atomic mass is 10.2. The maximum Gasteiger partial charge on any atom is 0.205 e. The first kappa shape index (κ1) is 15.9. The Morgan fingerprint density at radius 2 is 1.85 bits per heavy atom. The van der Waals surface area contributed by atoms with Gasteiger partial charge in [0, 0.05) is 49.0 Å². The molecule has 0 atom stereocenters.